The third-order valence-corrected chi connectivity index (χ3v) is 6.82. The zero-order valence-corrected chi connectivity index (χ0v) is 19.6. The lowest BCUT2D eigenvalue weighted by Gasteiger charge is -2.11. The number of carbonyl (C=O) groups is 1. The molecule has 0 aliphatic heterocycles. The van der Waals surface area contributed by atoms with Crippen molar-refractivity contribution in [2.45, 2.75) is 32.3 Å². The molecule has 1 aliphatic carbocycles. The lowest BCUT2D eigenvalue weighted by molar-refractivity contribution is -0.112. The van der Waals surface area contributed by atoms with Gasteiger partial charge in [0.1, 0.15) is 29.3 Å². The van der Waals surface area contributed by atoms with Gasteiger partial charge in [-0.3, -0.25) is 4.79 Å². The highest BCUT2D eigenvalue weighted by Gasteiger charge is 2.22. The van der Waals surface area contributed by atoms with Gasteiger partial charge in [-0.15, -0.1) is 11.3 Å². The molecule has 4 rings (SSSR count). The van der Waals surface area contributed by atoms with E-state index in [0.717, 1.165) is 41.7 Å². The monoisotopic (exact) mass is 469 g/mol. The normalized spacial score (nSPS) is 12.7. The summed E-state index contributed by atoms with van der Waals surface area (Å²) in [5, 5.41) is 22.5. The van der Waals surface area contributed by atoms with Crippen molar-refractivity contribution in [1.29, 1.82) is 10.5 Å². The average molecular weight is 470 g/mol. The van der Waals surface area contributed by atoms with Crippen LogP contribution in [0.5, 0.6) is 11.5 Å². The van der Waals surface area contributed by atoms with Gasteiger partial charge < -0.3 is 14.8 Å². The van der Waals surface area contributed by atoms with E-state index in [0.29, 0.717) is 34.2 Å². The highest BCUT2D eigenvalue weighted by molar-refractivity contribution is 7.16. The number of hydrogen-bond donors (Lipinski definition) is 1. The van der Waals surface area contributed by atoms with Crippen LogP contribution in [0.3, 0.4) is 0 Å². The Labute approximate surface area is 202 Å². The van der Waals surface area contributed by atoms with Crippen LogP contribution in [0.1, 0.15) is 40.0 Å². The Balaban J connectivity index is 1.52. The van der Waals surface area contributed by atoms with Gasteiger partial charge in [0, 0.05) is 4.88 Å². The van der Waals surface area contributed by atoms with Gasteiger partial charge in [-0.25, -0.2) is 0 Å². The Morgan fingerprint density at radius 2 is 1.91 bits per heavy atom. The van der Waals surface area contributed by atoms with Crippen LogP contribution in [0.25, 0.3) is 6.08 Å². The molecule has 2 aromatic carbocycles. The summed E-state index contributed by atoms with van der Waals surface area (Å²) >= 11 is 1.43. The van der Waals surface area contributed by atoms with E-state index in [4.69, 9.17) is 9.47 Å². The Morgan fingerprint density at radius 1 is 1.12 bits per heavy atom. The van der Waals surface area contributed by atoms with Crippen molar-refractivity contribution in [2.24, 2.45) is 0 Å². The molecule has 34 heavy (non-hydrogen) atoms. The number of benzene rings is 2. The summed E-state index contributed by atoms with van der Waals surface area (Å²) < 4.78 is 11.3. The van der Waals surface area contributed by atoms with E-state index in [2.05, 4.69) is 11.4 Å². The molecule has 0 saturated heterocycles. The van der Waals surface area contributed by atoms with Crippen molar-refractivity contribution in [3.8, 4) is 23.6 Å². The maximum atomic E-state index is 12.8. The summed E-state index contributed by atoms with van der Waals surface area (Å²) in [5.41, 5.74) is 3.15. The minimum Gasteiger partial charge on any atom is -0.493 e. The standard InChI is InChI=1S/C27H23N3O3S/c1-32-24-14-19(11-12-23(24)33-17-18-7-3-2-4-8-18)13-20(15-28)26(31)30-27-22(16-29)21-9-5-6-10-25(21)34-27/h2-4,7-8,11-14H,5-6,9-10,17H2,1H3,(H,30,31)/b20-13+. The first kappa shape index (κ1) is 23.1. The van der Waals surface area contributed by atoms with E-state index in [1.807, 2.05) is 36.4 Å². The molecule has 1 heterocycles. The van der Waals surface area contributed by atoms with Gasteiger partial charge in [0.05, 0.1) is 12.7 Å². The van der Waals surface area contributed by atoms with Crippen LogP contribution in [0.15, 0.2) is 54.1 Å². The Bertz CT molecular complexity index is 1310. The van der Waals surface area contributed by atoms with Crippen molar-refractivity contribution in [3.63, 3.8) is 0 Å². The van der Waals surface area contributed by atoms with Crippen molar-refractivity contribution in [3.05, 3.63) is 81.2 Å². The maximum Gasteiger partial charge on any atom is 0.266 e. The second-order valence-electron chi connectivity index (χ2n) is 7.84. The number of fused-ring (bicyclic) bond motifs is 1. The maximum absolute atomic E-state index is 12.8. The first-order valence-corrected chi connectivity index (χ1v) is 11.8. The van der Waals surface area contributed by atoms with Crippen LogP contribution >= 0.6 is 11.3 Å². The fraction of sp³-hybridized carbons (Fsp3) is 0.222. The number of ether oxygens (including phenoxy) is 2. The number of thiophene rings is 1. The molecule has 0 bridgehead atoms. The lowest BCUT2D eigenvalue weighted by atomic mass is 9.96. The summed E-state index contributed by atoms with van der Waals surface area (Å²) in [6.07, 6.45) is 5.40. The van der Waals surface area contributed by atoms with Crippen LogP contribution in [-0.4, -0.2) is 13.0 Å². The third-order valence-electron chi connectivity index (χ3n) is 5.61. The van der Waals surface area contributed by atoms with Gasteiger partial charge in [0.2, 0.25) is 0 Å². The minimum atomic E-state index is -0.541. The zero-order chi connectivity index (χ0) is 23.9. The first-order chi connectivity index (χ1) is 16.6. The van der Waals surface area contributed by atoms with Crippen LogP contribution in [-0.2, 0) is 24.2 Å². The number of methoxy groups -OCH3 is 1. The topological polar surface area (TPSA) is 95.1 Å². The highest BCUT2D eigenvalue weighted by atomic mass is 32.1. The fourth-order valence-corrected chi connectivity index (χ4v) is 5.12. The van der Waals surface area contributed by atoms with E-state index >= 15 is 0 Å². The molecule has 0 atom stereocenters. The average Bonchev–Trinajstić information content (AvgIpc) is 3.23. The number of nitrogens with one attached hydrogen (secondary N) is 1. The number of carbonyl (C=O) groups excluding carboxylic acids is 1. The zero-order valence-electron chi connectivity index (χ0n) is 18.8. The summed E-state index contributed by atoms with van der Waals surface area (Å²) in [6, 6.07) is 19.2. The molecule has 0 spiro atoms. The van der Waals surface area contributed by atoms with Crippen molar-refractivity contribution in [2.75, 3.05) is 12.4 Å². The molecule has 1 aromatic heterocycles. The van der Waals surface area contributed by atoms with Crippen LogP contribution in [0.4, 0.5) is 5.00 Å². The largest absolute Gasteiger partial charge is 0.493 e. The van der Waals surface area contributed by atoms with Gasteiger partial charge in [0.15, 0.2) is 11.5 Å². The van der Waals surface area contributed by atoms with E-state index in [1.165, 1.54) is 24.5 Å². The van der Waals surface area contributed by atoms with Gasteiger partial charge >= 0.3 is 0 Å². The second-order valence-corrected chi connectivity index (χ2v) is 8.94. The molecule has 0 saturated carbocycles. The van der Waals surface area contributed by atoms with Crippen LogP contribution in [0, 0.1) is 22.7 Å². The van der Waals surface area contributed by atoms with Gasteiger partial charge in [-0.1, -0.05) is 36.4 Å². The molecule has 0 radical (unpaired) electrons. The van der Waals surface area contributed by atoms with E-state index in [1.54, 1.807) is 18.2 Å². The predicted octanol–water partition coefficient (Wildman–Crippen LogP) is 5.63. The molecule has 6 nitrogen and oxygen atoms in total. The summed E-state index contributed by atoms with van der Waals surface area (Å²) in [4.78, 5) is 14.0. The number of aryl methyl sites for hydroxylation is 1. The molecule has 7 heteroatoms. The van der Waals surface area contributed by atoms with Gasteiger partial charge in [-0.05, 0) is 60.6 Å². The van der Waals surface area contributed by atoms with E-state index in [-0.39, 0.29) is 5.57 Å². The fourth-order valence-electron chi connectivity index (χ4n) is 3.89. The number of anilines is 1. The molecular weight excluding hydrogens is 446 g/mol. The smallest absolute Gasteiger partial charge is 0.266 e. The Morgan fingerprint density at radius 3 is 2.65 bits per heavy atom. The van der Waals surface area contributed by atoms with Crippen LogP contribution < -0.4 is 14.8 Å². The summed E-state index contributed by atoms with van der Waals surface area (Å²) in [6.45, 7) is 0.393. The Kier molecular flexibility index (Phi) is 7.27. The molecule has 0 unspecified atom stereocenters. The molecule has 3 aromatic rings. The van der Waals surface area contributed by atoms with Gasteiger partial charge in [0.25, 0.3) is 5.91 Å². The number of hydrogen-bond acceptors (Lipinski definition) is 6. The number of rotatable bonds is 7. The molecule has 1 aliphatic rings. The third kappa shape index (κ3) is 5.11. The number of nitriles is 2. The second kappa shape index (κ2) is 10.7. The quantitative estimate of drug-likeness (QED) is 0.357. The van der Waals surface area contributed by atoms with E-state index in [9.17, 15) is 15.3 Å². The van der Waals surface area contributed by atoms with Crippen LogP contribution in [0.2, 0.25) is 0 Å². The van der Waals surface area contributed by atoms with E-state index < -0.39 is 5.91 Å². The van der Waals surface area contributed by atoms with Gasteiger partial charge in [-0.2, -0.15) is 10.5 Å². The highest BCUT2D eigenvalue weighted by Crippen LogP contribution is 2.38. The number of nitrogens with zero attached hydrogens (tertiary/aromatic N) is 2. The number of amides is 1. The molecule has 0 fully saturated rings. The predicted molar refractivity (Wildman–Crippen MR) is 132 cm³/mol. The summed E-state index contributed by atoms with van der Waals surface area (Å²) in [7, 11) is 1.54. The molecule has 1 N–H and O–H groups in total. The molecule has 1 amide bonds. The molecular formula is C27H23N3O3S. The summed E-state index contributed by atoms with van der Waals surface area (Å²) in [5.74, 6) is 0.523. The van der Waals surface area contributed by atoms with Crippen molar-refractivity contribution >= 4 is 28.3 Å². The SMILES string of the molecule is COc1cc(/C=C(\C#N)C(=O)Nc2sc3c(c2C#N)CCCC3)ccc1OCc1ccccc1. The Hall–Kier alpha value is -4.07. The first-order valence-electron chi connectivity index (χ1n) is 11.0. The lowest BCUT2D eigenvalue weighted by Crippen LogP contribution is -2.13. The van der Waals surface area contributed by atoms with Crippen molar-refractivity contribution in [1.82, 2.24) is 0 Å². The molecule has 170 valence electrons. The minimum absolute atomic E-state index is 0.0599. The van der Waals surface area contributed by atoms with Crippen molar-refractivity contribution < 1.29 is 14.3 Å².